The van der Waals surface area contributed by atoms with Crippen LogP contribution < -0.4 is 9.64 Å². The van der Waals surface area contributed by atoms with Gasteiger partial charge in [-0.15, -0.1) is 0 Å². The van der Waals surface area contributed by atoms with Crippen molar-refractivity contribution in [3.63, 3.8) is 0 Å². The summed E-state index contributed by atoms with van der Waals surface area (Å²) in [6.07, 6.45) is 0.762. The van der Waals surface area contributed by atoms with Gasteiger partial charge in [-0.05, 0) is 18.6 Å². The van der Waals surface area contributed by atoms with Crippen molar-refractivity contribution in [1.29, 1.82) is 0 Å². The van der Waals surface area contributed by atoms with Crippen LogP contribution in [0.5, 0.6) is 5.75 Å². The Bertz CT molecular complexity index is 859. The quantitative estimate of drug-likeness (QED) is 0.772. The second kappa shape index (κ2) is 7.06. The summed E-state index contributed by atoms with van der Waals surface area (Å²) < 4.78 is 5.98. The van der Waals surface area contributed by atoms with Crippen LogP contribution in [0.25, 0.3) is 0 Å². The van der Waals surface area contributed by atoms with Crippen LogP contribution in [0.1, 0.15) is 22.6 Å². The normalized spacial score (nSPS) is 16.1. The van der Waals surface area contributed by atoms with E-state index >= 15 is 0 Å². The number of rotatable bonds is 1. The molecule has 3 heterocycles. The molecule has 142 valence electrons. The van der Waals surface area contributed by atoms with Crippen LogP contribution >= 0.6 is 0 Å². The Balaban J connectivity index is 1.62. The number of aromatic nitrogens is 2. The van der Waals surface area contributed by atoms with E-state index in [2.05, 4.69) is 16.0 Å². The third-order valence-electron chi connectivity index (χ3n) is 5.12. The molecule has 1 fully saturated rings. The van der Waals surface area contributed by atoms with Gasteiger partial charge in [0, 0.05) is 52.3 Å². The van der Waals surface area contributed by atoms with Gasteiger partial charge in [-0.1, -0.05) is 18.2 Å². The van der Waals surface area contributed by atoms with Gasteiger partial charge in [0.15, 0.2) is 0 Å². The summed E-state index contributed by atoms with van der Waals surface area (Å²) >= 11 is 0. The molecule has 0 aliphatic carbocycles. The molecule has 27 heavy (non-hydrogen) atoms. The molecule has 0 radical (unpaired) electrons. The second-order valence-corrected chi connectivity index (χ2v) is 7.24. The summed E-state index contributed by atoms with van der Waals surface area (Å²) in [5.74, 6) is 2.65. The van der Waals surface area contributed by atoms with E-state index in [1.807, 2.05) is 30.0 Å². The predicted molar refractivity (Wildman–Crippen MR) is 103 cm³/mol. The van der Waals surface area contributed by atoms with Gasteiger partial charge in [0.25, 0.3) is 0 Å². The number of carbonyl (C=O) groups is 1. The van der Waals surface area contributed by atoms with E-state index in [1.165, 1.54) is 0 Å². The summed E-state index contributed by atoms with van der Waals surface area (Å²) in [5.41, 5.74) is 3.25. The van der Waals surface area contributed by atoms with Gasteiger partial charge < -0.3 is 19.4 Å². The maximum absolute atomic E-state index is 12.2. The van der Waals surface area contributed by atoms with E-state index in [9.17, 15) is 4.79 Å². The van der Waals surface area contributed by atoms with Crippen molar-refractivity contribution >= 4 is 11.8 Å². The van der Waals surface area contributed by atoms with E-state index in [0.717, 1.165) is 53.7 Å². The summed E-state index contributed by atoms with van der Waals surface area (Å²) in [6, 6.07) is 8.20. The number of hydrogen-bond acceptors (Lipinski definition) is 5. The van der Waals surface area contributed by atoms with Crippen molar-refractivity contribution in [2.45, 2.75) is 20.0 Å². The monoisotopic (exact) mass is 367 g/mol. The summed E-state index contributed by atoms with van der Waals surface area (Å²) in [4.78, 5) is 27.4. The first-order valence-corrected chi connectivity index (χ1v) is 9.31. The molecule has 0 N–H and O–H groups in total. The highest BCUT2D eigenvalue weighted by atomic mass is 16.5. The minimum atomic E-state index is 0.0645. The fourth-order valence-electron chi connectivity index (χ4n) is 3.72. The molecule has 2 aromatic rings. The molecule has 7 nitrogen and oxygen atoms in total. The largest absolute Gasteiger partial charge is 0.487 e. The number of fused-ring (bicyclic) bond motifs is 2. The van der Waals surface area contributed by atoms with Crippen molar-refractivity contribution in [2.75, 3.05) is 45.2 Å². The topological polar surface area (TPSA) is 61.8 Å². The lowest BCUT2D eigenvalue weighted by Gasteiger charge is -2.37. The van der Waals surface area contributed by atoms with Crippen LogP contribution in [-0.4, -0.2) is 66.1 Å². The number of carbonyl (C=O) groups excluding carboxylic acids is 1. The first-order valence-electron chi connectivity index (χ1n) is 9.31. The predicted octanol–water partition coefficient (Wildman–Crippen LogP) is 2.07. The highest BCUT2D eigenvalue weighted by Gasteiger charge is 2.27. The number of urea groups is 1. The highest BCUT2D eigenvalue weighted by molar-refractivity contribution is 5.74. The van der Waals surface area contributed by atoms with Crippen molar-refractivity contribution in [3.8, 4) is 5.75 Å². The van der Waals surface area contributed by atoms with Crippen LogP contribution in [0, 0.1) is 6.92 Å². The fraction of sp³-hybridized carbons (Fsp3) is 0.450. The van der Waals surface area contributed by atoms with Gasteiger partial charge in [-0.25, -0.2) is 14.8 Å². The fourth-order valence-corrected chi connectivity index (χ4v) is 3.72. The lowest BCUT2D eigenvalue weighted by Crippen LogP contribution is -2.52. The minimum Gasteiger partial charge on any atom is -0.487 e. The molecule has 0 spiro atoms. The summed E-state index contributed by atoms with van der Waals surface area (Å²) in [7, 11) is 3.58. The molecule has 2 aliphatic heterocycles. The molecule has 4 rings (SSSR count). The first kappa shape index (κ1) is 17.6. The van der Waals surface area contributed by atoms with Crippen LogP contribution in [0.2, 0.25) is 0 Å². The zero-order valence-corrected chi connectivity index (χ0v) is 16.1. The third-order valence-corrected chi connectivity index (χ3v) is 5.12. The second-order valence-electron chi connectivity index (χ2n) is 7.24. The van der Waals surface area contributed by atoms with E-state index in [0.29, 0.717) is 19.7 Å². The van der Waals surface area contributed by atoms with Gasteiger partial charge in [-0.3, -0.25) is 0 Å². The molecular formula is C20H25N5O2. The van der Waals surface area contributed by atoms with E-state index in [1.54, 1.807) is 19.0 Å². The molecule has 0 unspecified atom stereocenters. The number of piperazine rings is 1. The Kier molecular flexibility index (Phi) is 4.59. The number of aryl methyl sites for hydroxylation is 1. The van der Waals surface area contributed by atoms with Crippen LogP contribution in [0.15, 0.2) is 24.3 Å². The van der Waals surface area contributed by atoms with E-state index < -0.39 is 0 Å². The van der Waals surface area contributed by atoms with Gasteiger partial charge in [0.2, 0.25) is 0 Å². The van der Waals surface area contributed by atoms with Gasteiger partial charge in [-0.2, -0.15) is 0 Å². The standard InChI is InChI=1S/C20H25N5O2/c1-14-21-17-13-27-18-7-5-4-6-15(18)12-16(17)19(22-14)24-8-10-25(11-9-24)20(26)23(2)3/h4-7H,8-13H2,1-3H3. The number of anilines is 1. The molecular weight excluding hydrogens is 342 g/mol. The zero-order chi connectivity index (χ0) is 19.0. The van der Waals surface area contributed by atoms with Crippen LogP contribution in [0.3, 0.4) is 0 Å². The Hall–Kier alpha value is -2.83. The van der Waals surface area contributed by atoms with Crippen molar-refractivity contribution in [2.24, 2.45) is 0 Å². The number of nitrogens with zero attached hydrogens (tertiary/aromatic N) is 5. The number of hydrogen-bond donors (Lipinski definition) is 0. The van der Waals surface area contributed by atoms with Crippen molar-refractivity contribution in [3.05, 3.63) is 46.9 Å². The number of ether oxygens (including phenoxy) is 1. The highest BCUT2D eigenvalue weighted by Crippen LogP contribution is 2.32. The van der Waals surface area contributed by atoms with Crippen LogP contribution in [0.4, 0.5) is 10.6 Å². The molecule has 0 bridgehead atoms. The molecule has 0 saturated carbocycles. The van der Waals surface area contributed by atoms with Gasteiger partial charge in [0.1, 0.15) is 24.0 Å². The number of para-hydroxylation sites is 1. The maximum atomic E-state index is 12.2. The lowest BCUT2D eigenvalue weighted by atomic mass is 10.0. The summed E-state index contributed by atoms with van der Waals surface area (Å²) in [5, 5.41) is 0. The Morgan fingerprint density at radius 1 is 1.11 bits per heavy atom. The Morgan fingerprint density at radius 2 is 1.85 bits per heavy atom. The number of amides is 2. The molecule has 2 amide bonds. The molecule has 1 aromatic carbocycles. The Labute approximate surface area is 159 Å². The number of benzene rings is 1. The van der Waals surface area contributed by atoms with E-state index in [-0.39, 0.29) is 6.03 Å². The smallest absolute Gasteiger partial charge is 0.319 e. The molecule has 2 aliphatic rings. The average molecular weight is 367 g/mol. The lowest BCUT2D eigenvalue weighted by molar-refractivity contribution is 0.168. The third kappa shape index (κ3) is 3.41. The van der Waals surface area contributed by atoms with Crippen LogP contribution in [-0.2, 0) is 13.0 Å². The SMILES string of the molecule is Cc1nc2c(c(N3CCN(C(=O)N(C)C)CC3)n1)Cc1ccccc1OC2. The Morgan fingerprint density at radius 3 is 2.59 bits per heavy atom. The zero-order valence-electron chi connectivity index (χ0n) is 16.1. The van der Waals surface area contributed by atoms with Crippen molar-refractivity contribution in [1.82, 2.24) is 19.8 Å². The van der Waals surface area contributed by atoms with E-state index in [4.69, 9.17) is 9.72 Å². The molecule has 7 heteroatoms. The first-order chi connectivity index (χ1) is 13.0. The molecule has 1 saturated heterocycles. The molecule has 0 atom stereocenters. The summed E-state index contributed by atoms with van der Waals surface area (Å²) in [6.45, 7) is 5.31. The maximum Gasteiger partial charge on any atom is 0.319 e. The van der Waals surface area contributed by atoms with Gasteiger partial charge in [0.05, 0.1) is 5.69 Å². The minimum absolute atomic E-state index is 0.0645. The average Bonchev–Trinajstić information content (AvgIpc) is 2.86. The van der Waals surface area contributed by atoms with Gasteiger partial charge >= 0.3 is 6.03 Å². The van der Waals surface area contributed by atoms with Crippen molar-refractivity contribution < 1.29 is 9.53 Å². The molecule has 1 aromatic heterocycles.